The van der Waals surface area contributed by atoms with E-state index in [0.717, 1.165) is 5.92 Å². The van der Waals surface area contributed by atoms with Gasteiger partial charge in [-0.1, -0.05) is 37.3 Å². The van der Waals surface area contributed by atoms with Crippen LogP contribution in [0.25, 0.3) is 0 Å². The van der Waals surface area contributed by atoms with Crippen molar-refractivity contribution in [3.05, 3.63) is 0 Å². The lowest BCUT2D eigenvalue weighted by Crippen LogP contribution is -2.15. The Morgan fingerprint density at radius 1 is 1.13 bits per heavy atom. The Kier molecular flexibility index (Phi) is 5.04. The highest BCUT2D eigenvalue weighted by atomic mass is 35.5. The Labute approximate surface area is 98.5 Å². The van der Waals surface area contributed by atoms with Crippen LogP contribution in [0.15, 0.2) is 10.2 Å². The quantitative estimate of drug-likeness (QED) is 0.289. The van der Waals surface area contributed by atoms with Gasteiger partial charge in [0.25, 0.3) is 0 Å². The van der Waals surface area contributed by atoms with Crippen LogP contribution < -0.4 is 0 Å². The summed E-state index contributed by atoms with van der Waals surface area (Å²) in [6, 6.07) is 0.334. The van der Waals surface area contributed by atoms with Gasteiger partial charge in [0, 0.05) is 0 Å². The summed E-state index contributed by atoms with van der Waals surface area (Å²) in [6.07, 6.45) is 8.11. The maximum atomic E-state index is 5.99. The van der Waals surface area contributed by atoms with Crippen molar-refractivity contribution in [3.8, 4) is 0 Å². The Morgan fingerprint density at radius 3 is 2.13 bits per heavy atom. The molecular formula is C12H23ClN2. The number of hydrogen-bond acceptors (Lipinski definition) is 2. The van der Waals surface area contributed by atoms with Crippen molar-refractivity contribution < 1.29 is 0 Å². The Balaban J connectivity index is 2.44. The normalized spacial score (nSPS) is 22.9. The van der Waals surface area contributed by atoms with E-state index in [1.54, 1.807) is 0 Å². The highest BCUT2D eigenvalue weighted by Gasteiger charge is 2.19. The minimum atomic E-state index is -0.543. The summed E-state index contributed by atoms with van der Waals surface area (Å²) in [7, 11) is 0. The van der Waals surface area contributed by atoms with Gasteiger partial charge in [0.05, 0.1) is 6.04 Å². The summed E-state index contributed by atoms with van der Waals surface area (Å²) in [5.41, 5.74) is 0. The number of hydrogen-bond donors (Lipinski definition) is 0. The monoisotopic (exact) mass is 230 g/mol. The molecule has 1 aliphatic carbocycles. The maximum absolute atomic E-state index is 5.99. The Bertz CT molecular complexity index is 200. The number of alkyl halides is 1. The number of rotatable bonds is 3. The van der Waals surface area contributed by atoms with Gasteiger partial charge in [0.15, 0.2) is 0 Å². The zero-order valence-corrected chi connectivity index (χ0v) is 10.9. The minimum absolute atomic E-state index is 0.334. The predicted octanol–water partition coefficient (Wildman–Crippen LogP) is 4.77. The molecule has 1 rings (SSSR count). The van der Waals surface area contributed by atoms with Crippen LogP contribution >= 0.6 is 11.6 Å². The third kappa shape index (κ3) is 5.50. The molecule has 1 atom stereocenters. The lowest BCUT2D eigenvalue weighted by molar-refractivity contribution is 0.378. The van der Waals surface area contributed by atoms with E-state index in [9.17, 15) is 0 Å². The zero-order valence-electron chi connectivity index (χ0n) is 10.2. The van der Waals surface area contributed by atoms with E-state index < -0.39 is 5.00 Å². The molecule has 2 nitrogen and oxygen atoms in total. The van der Waals surface area contributed by atoms with E-state index in [1.165, 1.54) is 38.5 Å². The van der Waals surface area contributed by atoms with Crippen molar-refractivity contribution >= 4 is 11.6 Å². The van der Waals surface area contributed by atoms with Crippen molar-refractivity contribution in [3.63, 3.8) is 0 Å². The van der Waals surface area contributed by atoms with Crippen molar-refractivity contribution in [2.45, 2.75) is 70.3 Å². The smallest absolute Gasteiger partial charge is 0.149 e. The lowest BCUT2D eigenvalue weighted by atomic mass is 9.94. The first-order chi connectivity index (χ1) is 6.99. The van der Waals surface area contributed by atoms with Crippen LogP contribution in [0.4, 0.5) is 0 Å². The van der Waals surface area contributed by atoms with Crippen molar-refractivity contribution in [2.24, 2.45) is 16.1 Å². The molecule has 0 aromatic heterocycles. The fourth-order valence-electron chi connectivity index (χ4n) is 2.12. The summed E-state index contributed by atoms with van der Waals surface area (Å²) >= 11 is 5.99. The molecule has 0 amide bonds. The molecule has 0 N–H and O–H groups in total. The molecule has 1 unspecified atom stereocenters. The Morgan fingerprint density at radius 2 is 1.67 bits per heavy atom. The summed E-state index contributed by atoms with van der Waals surface area (Å²) in [4.78, 5) is -0.543. The van der Waals surface area contributed by atoms with Gasteiger partial charge in [-0.2, -0.15) is 10.2 Å². The number of azo groups is 1. The molecule has 0 heterocycles. The average molecular weight is 231 g/mol. The largest absolute Gasteiger partial charge is 0.189 e. The third-order valence-electron chi connectivity index (χ3n) is 3.06. The molecule has 1 aliphatic rings. The molecule has 0 aliphatic heterocycles. The van der Waals surface area contributed by atoms with Gasteiger partial charge in [-0.15, -0.1) is 0 Å². The highest BCUT2D eigenvalue weighted by molar-refractivity contribution is 6.23. The van der Waals surface area contributed by atoms with Gasteiger partial charge >= 0.3 is 0 Å². The highest BCUT2D eigenvalue weighted by Crippen LogP contribution is 2.27. The number of halogens is 1. The van der Waals surface area contributed by atoms with Crippen LogP contribution in [0.1, 0.15) is 59.3 Å². The minimum Gasteiger partial charge on any atom is -0.189 e. The van der Waals surface area contributed by atoms with Crippen LogP contribution in [0.5, 0.6) is 0 Å². The van der Waals surface area contributed by atoms with E-state index in [0.29, 0.717) is 6.04 Å². The molecule has 0 radical (unpaired) electrons. The molecule has 88 valence electrons. The molecule has 0 spiro atoms. The van der Waals surface area contributed by atoms with Crippen molar-refractivity contribution in [1.82, 2.24) is 0 Å². The van der Waals surface area contributed by atoms with Gasteiger partial charge < -0.3 is 0 Å². The topological polar surface area (TPSA) is 24.7 Å². The lowest BCUT2D eigenvalue weighted by Gasteiger charge is -2.18. The molecule has 15 heavy (non-hydrogen) atoms. The summed E-state index contributed by atoms with van der Waals surface area (Å²) < 4.78 is 0. The molecule has 0 aromatic rings. The Hall–Kier alpha value is -0.110. The van der Waals surface area contributed by atoms with Crippen LogP contribution in [-0.4, -0.2) is 11.0 Å². The molecular weight excluding hydrogens is 208 g/mol. The van der Waals surface area contributed by atoms with Crippen LogP contribution in [0, 0.1) is 5.92 Å². The molecule has 1 saturated carbocycles. The van der Waals surface area contributed by atoms with Gasteiger partial charge in [-0.25, -0.2) is 0 Å². The van der Waals surface area contributed by atoms with Crippen LogP contribution in [0.2, 0.25) is 0 Å². The molecule has 1 fully saturated rings. The van der Waals surface area contributed by atoms with Crippen molar-refractivity contribution in [1.29, 1.82) is 0 Å². The SMILES string of the molecule is CC(N=NC(C)(C)Cl)C1CCCCCC1. The molecule has 0 bridgehead atoms. The summed E-state index contributed by atoms with van der Waals surface area (Å²) in [5.74, 6) is 0.718. The molecule has 0 saturated heterocycles. The van der Waals surface area contributed by atoms with Gasteiger partial charge in [0.2, 0.25) is 0 Å². The second kappa shape index (κ2) is 5.83. The molecule has 0 aromatic carbocycles. The van der Waals surface area contributed by atoms with E-state index in [2.05, 4.69) is 17.2 Å². The second-order valence-corrected chi connectivity index (χ2v) is 6.04. The maximum Gasteiger partial charge on any atom is 0.149 e. The van der Waals surface area contributed by atoms with E-state index in [-0.39, 0.29) is 0 Å². The van der Waals surface area contributed by atoms with E-state index in [1.807, 2.05) is 13.8 Å². The fraction of sp³-hybridized carbons (Fsp3) is 1.00. The average Bonchev–Trinajstić information content (AvgIpc) is 2.41. The second-order valence-electron chi connectivity index (χ2n) is 5.12. The predicted molar refractivity (Wildman–Crippen MR) is 65.4 cm³/mol. The van der Waals surface area contributed by atoms with Crippen LogP contribution in [0.3, 0.4) is 0 Å². The van der Waals surface area contributed by atoms with E-state index >= 15 is 0 Å². The van der Waals surface area contributed by atoms with Gasteiger partial charge in [-0.3, -0.25) is 0 Å². The first-order valence-electron chi connectivity index (χ1n) is 6.10. The third-order valence-corrected chi connectivity index (χ3v) is 3.14. The van der Waals surface area contributed by atoms with Crippen molar-refractivity contribution in [2.75, 3.05) is 0 Å². The first kappa shape index (κ1) is 13.0. The standard InChI is InChI=1S/C12H23ClN2/c1-10(14-15-12(2,3)13)11-8-6-4-5-7-9-11/h10-11H,4-9H2,1-3H3. The number of nitrogens with zero attached hydrogens (tertiary/aromatic N) is 2. The fourth-order valence-corrected chi connectivity index (χ4v) is 2.16. The van der Waals surface area contributed by atoms with Gasteiger partial charge in [-0.05, 0) is 39.5 Å². The van der Waals surface area contributed by atoms with E-state index in [4.69, 9.17) is 11.6 Å². The van der Waals surface area contributed by atoms with Crippen LogP contribution in [-0.2, 0) is 0 Å². The summed E-state index contributed by atoms with van der Waals surface area (Å²) in [5, 5.41) is 8.51. The summed E-state index contributed by atoms with van der Waals surface area (Å²) in [6.45, 7) is 5.91. The first-order valence-corrected chi connectivity index (χ1v) is 6.48. The molecule has 3 heteroatoms. The zero-order chi connectivity index (χ0) is 11.3. The van der Waals surface area contributed by atoms with Gasteiger partial charge in [0.1, 0.15) is 5.00 Å².